The van der Waals surface area contributed by atoms with Gasteiger partial charge in [-0.15, -0.1) is 0 Å². The van der Waals surface area contributed by atoms with Gasteiger partial charge in [0, 0.05) is 37.4 Å². The lowest BCUT2D eigenvalue weighted by Gasteiger charge is -2.24. The number of nitrogens with two attached hydrogens (primary N) is 2. The van der Waals surface area contributed by atoms with Crippen molar-refractivity contribution in [1.29, 1.82) is 0 Å². The summed E-state index contributed by atoms with van der Waals surface area (Å²) in [5.74, 6) is -1.54. The molecule has 37 heavy (non-hydrogen) atoms. The number of nitrogens with one attached hydrogen (secondary N) is 3. The summed E-state index contributed by atoms with van der Waals surface area (Å²) in [4.78, 5) is 61.0. The SMILES string of the molecule is Cc1ccc(NC(=O)[C@H](CCCNC(N)=O)CC(=O)[C@@H](NC(=O)CCCCCC(=O)CN)C(C)C)cc1. The van der Waals surface area contributed by atoms with Crippen molar-refractivity contribution in [2.75, 3.05) is 18.4 Å². The van der Waals surface area contributed by atoms with E-state index in [0.717, 1.165) is 12.0 Å². The number of amides is 4. The van der Waals surface area contributed by atoms with Crippen LogP contribution in [0.2, 0.25) is 0 Å². The number of hydrogen-bond donors (Lipinski definition) is 5. The number of carbonyl (C=O) groups is 5. The highest BCUT2D eigenvalue weighted by atomic mass is 16.2. The van der Waals surface area contributed by atoms with Gasteiger partial charge in [-0.1, -0.05) is 38.0 Å². The summed E-state index contributed by atoms with van der Waals surface area (Å²) in [7, 11) is 0. The third-order valence-corrected chi connectivity index (χ3v) is 6.08. The lowest BCUT2D eigenvalue weighted by atomic mass is 9.89. The van der Waals surface area contributed by atoms with E-state index in [4.69, 9.17) is 11.5 Å². The van der Waals surface area contributed by atoms with Gasteiger partial charge in [-0.05, 0) is 50.7 Å². The van der Waals surface area contributed by atoms with Gasteiger partial charge in [0.2, 0.25) is 11.8 Å². The Kier molecular flexibility index (Phi) is 14.8. The van der Waals surface area contributed by atoms with Crippen molar-refractivity contribution in [2.45, 2.75) is 78.2 Å². The highest BCUT2D eigenvalue weighted by Crippen LogP contribution is 2.19. The van der Waals surface area contributed by atoms with Gasteiger partial charge in [-0.3, -0.25) is 19.2 Å². The molecule has 0 spiro atoms. The number of unbranched alkanes of at least 4 members (excludes halogenated alkanes) is 2. The van der Waals surface area contributed by atoms with E-state index in [1.54, 1.807) is 12.1 Å². The summed E-state index contributed by atoms with van der Waals surface area (Å²) < 4.78 is 0. The number of primary amides is 1. The van der Waals surface area contributed by atoms with Crippen molar-refractivity contribution in [2.24, 2.45) is 23.3 Å². The van der Waals surface area contributed by atoms with Crippen LogP contribution >= 0.6 is 0 Å². The van der Waals surface area contributed by atoms with Crippen LogP contribution < -0.4 is 27.4 Å². The van der Waals surface area contributed by atoms with Crippen molar-refractivity contribution < 1.29 is 24.0 Å². The minimum Gasteiger partial charge on any atom is -0.352 e. The Morgan fingerprint density at radius 1 is 0.919 bits per heavy atom. The molecule has 0 aliphatic rings. The number of urea groups is 1. The quantitative estimate of drug-likeness (QED) is 0.187. The van der Waals surface area contributed by atoms with Crippen molar-refractivity contribution in [3.8, 4) is 0 Å². The van der Waals surface area contributed by atoms with Gasteiger partial charge >= 0.3 is 6.03 Å². The third kappa shape index (κ3) is 13.6. The highest BCUT2D eigenvalue weighted by Gasteiger charge is 2.29. The van der Waals surface area contributed by atoms with Crippen LogP contribution in [0, 0.1) is 18.8 Å². The van der Waals surface area contributed by atoms with E-state index >= 15 is 0 Å². The van der Waals surface area contributed by atoms with Crippen molar-refractivity contribution in [3.63, 3.8) is 0 Å². The second-order valence-corrected chi connectivity index (χ2v) is 9.75. The Balaban J connectivity index is 2.75. The summed E-state index contributed by atoms with van der Waals surface area (Å²) >= 11 is 0. The molecule has 0 aliphatic heterocycles. The molecule has 1 aromatic rings. The molecule has 0 unspecified atom stereocenters. The number of aryl methyl sites for hydroxylation is 1. The van der Waals surface area contributed by atoms with Crippen molar-refractivity contribution in [3.05, 3.63) is 29.8 Å². The molecule has 0 fully saturated rings. The minimum atomic E-state index is -0.718. The monoisotopic (exact) mass is 517 g/mol. The maximum absolute atomic E-state index is 13.2. The fourth-order valence-corrected chi connectivity index (χ4v) is 3.89. The van der Waals surface area contributed by atoms with Crippen LogP contribution in [0.3, 0.4) is 0 Å². The molecular weight excluding hydrogens is 474 g/mol. The van der Waals surface area contributed by atoms with Gasteiger partial charge in [0.15, 0.2) is 5.78 Å². The third-order valence-electron chi connectivity index (χ3n) is 6.08. The minimum absolute atomic E-state index is 0.00120. The van der Waals surface area contributed by atoms with E-state index < -0.39 is 18.0 Å². The van der Waals surface area contributed by atoms with Crippen LogP contribution in [-0.2, 0) is 19.2 Å². The van der Waals surface area contributed by atoms with Crippen molar-refractivity contribution >= 4 is 35.1 Å². The topological polar surface area (TPSA) is 173 Å². The van der Waals surface area contributed by atoms with Crippen LogP contribution in [0.1, 0.15) is 70.8 Å². The standard InChI is InChI=1S/C27H43N5O5/c1-18(2)25(32-24(35)10-6-4-5-9-22(33)17-28)23(34)16-20(8-7-15-30-27(29)37)26(36)31-21-13-11-19(3)12-14-21/h11-14,18,20,25H,4-10,15-17,28H2,1-3H3,(H,31,36)(H,32,35)(H3,29,30,37)/t20-,25+/m1/s1. The molecular formula is C27H43N5O5. The average molecular weight is 518 g/mol. The van der Waals surface area contributed by atoms with E-state index in [0.29, 0.717) is 44.3 Å². The Morgan fingerprint density at radius 2 is 1.57 bits per heavy atom. The Bertz CT molecular complexity index is 901. The van der Waals surface area contributed by atoms with Crippen LogP contribution in [0.5, 0.6) is 0 Å². The van der Waals surface area contributed by atoms with Gasteiger partial charge < -0.3 is 27.4 Å². The predicted octanol–water partition coefficient (Wildman–Crippen LogP) is 2.58. The first-order valence-electron chi connectivity index (χ1n) is 13.0. The molecule has 1 aromatic carbocycles. The maximum Gasteiger partial charge on any atom is 0.312 e. The first kappa shape index (κ1) is 31.8. The molecule has 10 heteroatoms. The Labute approximate surface area is 219 Å². The molecule has 4 amide bonds. The van der Waals surface area contributed by atoms with Gasteiger partial charge in [0.05, 0.1) is 12.6 Å². The van der Waals surface area contributed by atoms with E-state index in [1.165, 1.54) is 0 Å². The lowest BCUT2D eigenvalue weighted by Crippen LogP contribution is -2.45. The van der Waals surface area contributed by atoms with E-state index in [2.05, 4.69) is 16.0 Å². The number of ketones is 2. The lowest BCUT2D eigenvalue weighted by molar-refractivity contribution is -0.131. The van der Waals surface area contributed by atoms with Gasteiger partial charge in [0.1, 0.15) is 5.78 Å². The molecule has 0 bridgehead atoms. The normalized spacial score (nSPS) is 12.5. The molecule has 0 aliphatic carbocycles. The molecule has 0 saturated carbocycles. The molecule has 2 atom stereocenters. The highest BCUT2D eigenvalue weighted by molar-refractivity contribution is 5.97. The first-order valence-corrected chi connectivity index (χ1v) is 13.0. The van der Waals surface area contributed by atoms with Crippen LogP contribution in [-0.4, -0.2) is 48.5 Å². The Hall–Kier alpha value is -3.27. The number of rotatable bonds is 18. The van der Waals surface area contributed by atoms with Gasteiger partial charge in [0.25, 0.3) is 0 Å². The van der Waals surface area contributed by atoms with Crippen LogP contribution in [0.15, 0.2) is 24.3 Å². The van der Waals surface area contributed by atoms with E-state index in [1.807, 2.05) is 32.9 Å². The zero-order valence-corrected chi connectivity index (χ0v) is 22.3. The van der Waals surface area contributed by atoms with E-state index in [-0.39, 0.29) is 48.7 Å². The molecule has 1 rings (SSSR count). The number of benzene rings is 1. The van der Waals surface area contributed by atoms with Crippen molar-refractivity contribution in [1.82, 2.24) is 10.6 Å². The largest absolute Gasteiger partial charge is 0.352 e. The number of anilines is 1. The van der Waals surface area contributed by atoms with Crippen LogP contribution in [0.25, 0.3) is 0 Å². The van der Waals surface area contributed by atoms with E-state index in [9.17, 15) is 24.0 Å². The first-order chi connectivity index (χ1) is 17.5. The molecule has 0 radical (unpaired) electrons. The zero-order valence-electron chi connectivity index (χ0n) is 22.3. The summed E-state index contributed by atoms with van der Waals surface area (Å²) in [5, 5.41) is 8.19. The van der Waals surface area contributed by atoms with Gasteiger partial charge in [-0.25, -0.2) is 4.79 Å². The predicted molar refractivity (Wildman–Crippen MR) is 144 cm³/mol. The summed E-state index contributed by atoms with van der Waals surface area (Å²) in [6.45, 7) is 5.96. The molecule has 0 heterocycles. The fourth-order valence-electron chi connectivity index (χ4n) is 3.89. The Morgan fingerprint density at radius 3 is 2.16 bits per heavy atom. The smallest absolute Gasteiger partial charge is 0.312 e. The van der Waals surface area contributed by atoms with Crippen LogP contribution in [0.4, 0.5) is 10.5 Å². The van der Waals surface area contributed by atoms with Gasteiger partial charge in [-0.2, -0.15) is 0 Å². The fraction of sp³-hybridized carbons (Fsp3) is 0.593. The number of carbonyl (C=O) groups excluding carboxylic acids is 5. The maximum atomic E-state index is 13.2. The second kappa shape index (κ2) is 17.2. The molecule has 0 aromatic heterocycles. The zero-order chi connectivity index (χ0) is 27.8. The molecule has 206 valence electrons. The summed E-state index contributed by atoms with van der Waals surface area (Å²) in [6.07, 6.45) is 3.46. The summed E-state index contributed by atoms with van der Waals surface area (Å²) in [6, 6.07) is 5.99. The number of hydrogen-bond acceptors (Lipinski definition) is 6. The molecule has 10 nitrogen and oxygen atoms in total. The second-order valence-electron chi connectivity index (χ2n) is 9.75. The number of Topliss-reactive ketones (excluding diaryl/α,β-unsaturated/α-hetero) is 2. The average Bonchev–Trinajstić information content (AvgIpc) is 2.84. The summed E-state index contributed by atoms with van der Waals surface area (Å²) in [5.41, 5.74) is 12.1. The molecule has 7 N–H and O–H groups in total. The molecule has 0 saturated heterocycles.